The minimum atomic E-state index is -2.35. The van der Waals surface area contributed by atoms with Gasteiger partial charge in [0.2, 0.25) is 11.7 Å². The first kappa shape index (κ1) is 23.8. The van der Waals surface area contributed by atoms with Crippen molar-refractivity contribution >= 4 is 11.8 Å². The summed E-state index contributed by atoms with van der Waals surface area (Å²) in [5, 5.41) is 4.70. The lowest BCUT2D eigenvalue weighted by Gasteiger charge is -2.20. The number of amides is 2. The molecule has 28 heavy (non-hydrogen) atoms. The predicted octanol–water partition coefficient (Wildman–Crippen LogP) is 4.22. The second-order valence-corrected chi connectivity index (χ2v) is 6.95. The first-order valence-corrected chi connectivity index (χ1v) is 9.21. The van der Waals surface area contributed by atoms with Crippen molar-refractivity contribution in [1.82, 2.24) is 10.6 Å². The van der Waals surface area contributed by atoms with Gasteiger partial charge in [-0.25, -0.2) is 22.0 Å². The van der Waals surface area contributed by atoms with Gasteiger partial charge in [-0.2, -0.15) is 0 Å². The minimum absolute atomic E-state index is 0.0764. The fourth-order valence-corrected chi connectivity index (χ4v) is 2.62. The summed E-state index contributed by atoms with van der Waals surface area (Å²) in [5.74, 6) is -13.5. The molecular weight excluding hydrogens is 383 g/mol. The molecule has 2 amide bonds. The molecule has 0 fully saturated rings. The molecule has 0 aliphatic rings. The van der Waals surface area contributed by atoms with Crippen molar-refractivity contribution < 1.29 is 31.5 Å². The summed E-state index contributed by atoms with van der Waals surface area (Å²) in [6.45, 7) is 5.90. The third kappa shape index (κ3) is 6.17. The van der Waals surface area contributed by atoms with Crippen LogP contribution < -0.4 is 10.6 Å². The third-order valence-electron chi connectivity index (χ3n) is 4.10. The fraction of sp³-hybridized carbons (Fsp3) is 0.579. The molecule has 1 aromatic rings. The Kier molecular flexibility index (Phi) is 9.34. The average molecular weight is 408 g/mol. The van der Waals surface area contributed by atoms with Crippen LogP contribution in [0.15, 0.2) is 0 Å². The van der Waals surface area contributed by atoms with Gasteiger partial charge in [-0.15, -0.1) is 0 Å². The van der Waals surface area contributed by atoms with Crippen molar-refractivity contribution in [3.05, 3.63) is 34.6 Å². The molecule has 0 saturated heterocycles. The molecule has 0 heterocycles. The smallest absolute Gasteiger partial charge is 0.258 e. The largest absolute Gasteiger partial charge is 0.354 e. The van der Waals surface area contributed by atoms with Crippen LogP contribution in [0.4, 0.5) is 22.0 Å². The Morgan fingerprint density at radius 2 is 1.39 bits per heavy atom. The summed E-state index contributed by atoms with van der Waals surface area (Å²) in [5.41, 5.74) is -1.61. The second-order valence-electron chi connectivity index (χ2n) is 6.95. The number of nitrogens with one attached hydrogen (secondary N) is 2. The van der Waals surface area contributed by atoms with Gasteiger partial charge in [-0.1, -0.05) is 40.0 Å². The molecule has 1 rings (SSSR count). The maximum Gasteiger partial charge on any atom is 0.258 e. The highest BCUT2D eigenvalue weighted by Gasteiger charge is 2.32. The Morgan fingerprint density at radius 1 is 0.857 bits per heavy atom. The van der Waals surface area contributed by atoms with Crippen LogP contribution in [0.2, 0.25) is 0 Å². The van der Waals surface area contributed by atoms with Crippen LogP contribution >= 0.6 is 0 Å². The van der Waals surface area contributed by atoms with Gasteiger partial charge in [0.15, 0.2) is 23.3 Å². The Hall–Kier alpha value is -2.19. The van der Waals surface area contributed by atoms with E-state index in [1.165, 1.54) is 0 Å². The maximum atomic E-state index is 13.8. The monoisotopic (exact) mass is 408 g/mol. The summed E-state index contributed by atoms with van der Waals surface area (Å²) in [4.78, 5) is 24.5. The van der Waals surface area contributed by atoms with Crippen molar-refractivity contribution in [1.29, 1.82) is 0 Å². The van der Waals surface area contributed by atoms with Crippen molar-refractivity contribution in [3.8, 4) is 0 Å². The molecular formula is C19H25F5N2O2. The van der Waals surface area contributed by atoms with Gasteiger partial charge >= 0.3 is 0 Å². The topological polar surface area (TPSA) is 58.2 Å². The molecule has 2 N–H and O–H groups in total. The van der Waals surface area contributed by atoms with Crippen LogP contribution in [0.25, 0.3) is 0 Å². The van der Waals surface area contributed by atoms with E-state index in [0.717, 1.165) is 25.7 Å². The molecule has 0 radical (unpaired) electrons. The summed E-state index contributed by atoms with van der Waals surface area (Å²) in [6.07, 6.45) is 3.77. The highest BCUT2D eigenvalue weighted by atomic mass is 19.2. The zero-order valence-corrected chi connectivity index (χ0v) is 16.1. The molecule has 1 aromatic carbocycles. The number of hydrogen-bond donors (Lipinski definition) is 2. The fourth-order valence-electron chi connectivity index (χ4n) is 2.62. The number of benzene rings is 1. The molecule has 0 saturated carbocycles. The predicted molar refractivity (Wildman–Crippen MR) is 94.1 cm³/mol. The molecule has 9 heteroatoms. The first-order valence-electron chi connectivity index (χ1n) is 9.21. The van der Waals surface area contributed by atoms with Crippen molar-refractivity contribution in [2.45, 2.75) is 58.9 Å². The SMILES string of the molecule is CCCCCCNC(=O)[C@H](CC(C)C)NC(=O)c1c(F)c(F)c(F)c(F)c1F. The molecule has 4 nitrogen and oxygen atoms in total. The molecule has 0 bridgehead atoms. The molecule has 0 aromatic heterocycles. The Morgan fingerprint density at radius 3 is 1.89 bits per heavy atom. The Labute approximate surface area is 160 Å². The van der Waals surface area contributed by atoms with Gasteiger partial charge in [-0.05, 0) is 18.8 Å². The quantitative estimate of drug-likeness (QED) is 0.264. The van der Waals surface area contributed by atoms with E-state index in [-0.39, 0.29) is 12.3 Å². The van der Waals surface area contributed by atoms with Gasteiger partial charge in [0.1, 0.15) is 11.6 Å². The highest BCUT2D eigenvalue weighted by Crippen LogP contribution is 2.23. The van der Waals surface area contributed by atoms with Gasteiger partial charge in [0.05, 0.1) is 0 Å². The first-order chi connectivity index (χ1) is 13.1. The lowest BCUT2D eigenvalue weighted by molar-refractivity contribution is -0.123. The summed E-state index contributed by atoms with van der Waals surface area (Å²) in [6, 6.07) is -1.17. The second kappa shape index (κ2) is 11.0. The molecule has 1 atom stereocenters. The van der Waals surface area contributed by atoms with Crippen molar-refractivity contribution in [2.24, 2.45) is 5.92 Å². The van der Waals surface area contributed by atoms with Crippen molar-refractivity contribution in [2.75, 3.05) is 6.54 Å². The standard InChI is InChI=1S/C19H25F5N2O2/c1-4-5-6-7-8-25-18(27)11(9-10(2)3)26-19(28)12-13(20)15(22)17(24)16(23)14(12)21/h10-11H,4-9H2,1-3H3,(H,25,27)(H,26,28)/t11-/m0/s1. The number of rotatable bonds is 10. The molecule has 158 valence electrons. The molecule has 0 aliphatic carbocycles. The zero-order chi connectivity index (χ0) is 21.4. The van der Waals surface area contributed by atoms with E-state index in [4.69, 9.17) is 0 Å². The number of unbranched alkanes of at least 4 members (excludes halogenated alkanes) is 3. The number of hydrogen-bond acceptors (Lipinski definition) is 2. The van der Waals surface area contributed by atoms with E-state index in [2.05, 4.69) is 10.6 Å². The van der Waals surface area contributed by atoms with Crippen molar-refractivity contribution in [3.63, 3.8) is 0 Å². The van der Waals surface area contributed by atoms with Crippen LogP contribution in [-0.4, -0.2) is 24.4 Å². The van der Waals surface area contributed by atoms with E-state index in [1.807, 2.05) is 6.92 Å². The average Bonchev–Trinajstić information content (AvgIpc) is 2.63. The zero-order valence-electron chi connectivity index (χ0n) is 16.1. The van der Waals surface area contributed by atoms with Gasteiger partial charge in [0.25, 0.3) is 5.91 Å². The van der Waals surface area contributed by atoms with E-state index in [0.29, 0.717) is 6.54 Å². The minimum Gasteiger partial charge on any atom is -0.354 e. The van der Waals surface area contributed by atoms with E-state index in [1.54, 1.807) is 13.8 Å². The number of carbonyl (C=O) groups is 2. The Bertz CT molecular complexity index is 681. The summed E-state index contributed by atoms with van der Waals surface area (Å²) >= 11 is 0. The lowest BCUT2D eigenvalue weighted by Crippen LogP contribution is -2.48. The van der Waals surface area contributed by atoms with E-state index < -0.39 is 52.5 Å². The van der Waals surface area contributed by atoms with E-state index in [9.17, 15) is 31.5 Å². The number of carbonyl (C=O) groups excluding carboxylic acids is 2. The Balaban J connectivity index is 2.95. The van der Waals surface area contributed by atoms with Crippen LogP contribution in [0.3, 0.4) is 0 Å². The number of halogens is 5. The van der Waals surface area contributed by atoms with Crippen LogP contribution in [0.1, 0.15) is 63.2 Å². The van der Waals surface area contributed by atoms with Crippen LogP contribution in [-0.2, 0) is 4.79 Å². The summed E-state index contributed by atoms with van der Waals surface area (Å²) < 4.78 is 67.4. The molecule has 0 aliphatic heterocycles. The highest BCUT2D eigenvalue weighted by molar-refractivity contribution is 5.98. The van der Waals surface area contributed by atoms with Gasteiger partial charge in [-0.3, -0.25) is 9.59 Å². The van der Waals surface area contributed by atoms with Crippen LogP contribution in [0, 0.1) is 35.0 Å². The summed E-state index contributed by atoms with van der Waals surface area (Å²) in [7, 11) is 0. The molecule has 0 spiro atoms. The third-order valence-corrected chi connectivity index (χ3v) is 4.10. The van der Waals surface area contributed by atoms with Crippen LogP contribution in [0.5, 0.6) is 0 Å². The van der Waals surface area contributed by atoms with E-state index >= 15 is 0 Å². The van der Waals surface area contributed by atoms with Gasteiger partial charge in [0, 0.05) is 6.54 Å². The maximum absolute atomic E-state index is 13.8. The molecule has 0 unspecified atom stereocenters. The van der Waals surface area contributed by atoms with Gasteiger partial charge < -0.3 is 10.6 Å². The lowest BCUT2D eigenvalue weighted by atomic mass is 10.0. The normalized spacial score (nSPS) is 12.2.